The average molecular weight is 319 g/mol. The molecule has 0 aromatic carbocycles. The summed E-state index contributed by atoms with van der Waals surface area (Å²) in [4.78, 5) is 8.62. The van der Waals surface area contributed by atoms with Crippen LogP contribution in [0, 0.1) is 29.6 Å². The van der Waals surface area contributed by atoms with Gasteiger partial charge in [0.2, 0.25) is 0 Å². The number of fused-ring (bicyclic) bond motifs is 1. The molecule has 3 rings (SSSR count). The van der Waals surface area contributed by atoms with Crippen molar-refractivity contribution in [3.05, 3.63) is 41.9 Å². The molecular formula is C17H17N7. The van der Waals surface area contributed by atoms with E-state index in [0.717, 1.165) is 16.6 Å². The molecule has 1 N–H and O–H groups in total. The van der Waals surface area contributed by atoms with E-state index in [0.29, 0.717) is 17.0 Å². The summed E-state index contributed by atoms with van der Waals surface area (Å²) in [5.74, 6) is 0.596. The molecule has 0 atom stereocenters. The minimum atomic E-state index is 0.216. The largest absolute Gasteiger partial charge is 0.372 e. The van der Waals surface area contributed by atoms with Gasteiger partial charge in [0.15, 0.2) is 11.5 Å². The highest BCUT2D eigenvalue weighted by Crippen LogP contribution is 2.20. The Kier molecular flexibility index (Phi) is 5.43. The fourth-order valence-corrected chi connectivity index (χ4v) is 2.10. The van der Waals surface area contributed by atoms with E-state index in [-0.39, 0.29) is 6.54 Å². The van der Waals surface area contributed by atoms with Gasteiger partial charge in [-0.2, -0.15) is 20.3 Å². The van der Waals surface area contributed by atoms with Gasteiger partial charge in [-0.25, -0.2) is 9.97 Å². The third-order valence-electron chi connectivity index (χ3n) is 3.20. The highest BCUT2D eigenvalue weighted by atomic mass is 15.3. The van der Waals surface area contributed by atoms with Crippen LogP contribution in [0.1, 0.15) is 25.0 Å². The molecule has 120 valence electrons. The first-order valence-electron chi connectivity index (χ1n) is 7.54. The van der Waals surface area contributed by atoms with E-state index in [1.807, 2.05) is 32.9 Å². The number of anilines is 1. The predicted octanol–water partition coefficient (Wildman–Crippen LogP) is 2.96. The lowest BCUT2D eigenvalue weighted by Gasteiger charge is -2.09. The summed E-state index contributed by atoms with van der Waals surface area (Å²) in [6, 6.07) is 7.64. The van der Waals surface area contributed by atoms with E-state index >= 15 is 0 Å². The summed E-state index contributed by atoms with van der Waals surface area (Å²) >= 11 is 0. The van der Waals surface area contributed by atoms with Crippen LogP contribution in [0.15, 0.2) is 30.7 Å². The molecule has 0 amide bonds. The summed E-state index contributed by atoms with van der Waals surface area (Å²) in [6.07, 6.45) is 4.86. The summed E-state index contributed by atoms with van der Waals surface area (Å²) in [5, 5.41) is 25.7. The van der Waals surface area contributed by atoms with Crippen LogP contribution in [0.5, 0.6) is 0 Å². The SMILES string of the molecule is CC.Cc1cnc(-n2ncc3cc(C#N)cnc32)cc1NCC#N. The van der Waals surface area contributed by atoms with Gasteiger partial charge < -0.3 is 5.32 Å². The molecule has 0 radical (unpaired) electrons. The zero-order valence-electron chi connectivity index (χ0n) is 13.8. The van der Waals surface area contributed by atoms with Gasteiger partial charge in [-0.3, -0.25) is 0 Å². The van der Waals surface area contributed by atoms with Crippen LogP contribution in [0.3, 0.4) is 0 Å². The Balaban J connectivity index is 0.00000100. The lowest BCUT2D eigenvalue weighted by molar-refractivity contribution is 0.861. The van der Waals surface area contributed by atoms with E-state index < -0.39 is 0 Å². The van der Waals surface area contributed by atoms with Gasteiger partial charge in [0.25, 0.3) is 0 Å². The smallest absolute Gasteiger partial charge is 0.164 e. The second kappa shape index (κ2) is 7.70. The molecule has 0 spiro atoms. The molecule has 3 aromatic rings. The number of nitrogens with zero attached hydrogens (tertiary/aromatic N) is 6. The fraction of sp³-hybridized carbons (Fsp3) is 0.235. The second-order valence-electron chi connectivity index (χ2n) is 4.67. The van der Waals surface area contributed by atoms with E-state index in [2.05, 4.69) is 26.5 Å². The molecule has 3 heterocycles. The zero-order chi connectivity index (χ0) is 17.5. The molecule has 24 heavy (non-hydrogen) atoms. The molecule has 0 saturated carbocycles. The van der Waals surface area contributed by atoms with Crippen LogP contribution in [0.25, 0.3) is 16.9 Å². The van der Waals surface area contributed by atoms with Gasteiger partial charge in [0.05, 0.1) is 17.8 Å². The van der Waals surface area contributed by atoms with Gasteiger partial charge >= 0.3 is 0 Å². The van der Waals surface area contributed by atoms with E-state index in [1.54, 1.807) is 23.1 Å². The number of aryl methyl sites for hydroxylation is 1. The van der Waals surface area contributed by atoms with Gasteiger partial charge in [0.1, 0.15) is 12.6 Å². The first kappa shape index (κ1) is 16.9. The zero-order valence-corrected chi connectivity index (χ0v) is 13.8. The van der Waals surface area contributed by atoms with Crippen LogP contribution in [0.2, 0.25) is 0 Å². The highest BCUT2D eigenvalue weighted by molar-refractivity contribution is 5.77. The molecule has 0 fully saturated rings. The molecule has 7 heteroatoms. The number of pyridine rings is 2. The van der Waals surface area contributed by atoms with Crippen molar-refractivity contribution in [3.63, 3.8) is 0 Å². The Morgan fingerprint density at radius 1 is 1.12 bits per heavy atom. The monoisotopic (exact) mass is 319 g/mol. The average Bonchev–Trinajstić information content (AvgIpc) is 3.05. The Labute approximate surface area is 140 Å². The molecule has 0 bridgehead atoms. The molecule has 0 saturated heterocycles. The summed E-state index contributed by atoms with van der Waals surface area (Å²) < 4.78 is 1.60. The highest BCUT2D eigenvalue weighted by Gasteiger charge is 2.10. The van der Waals surface area contributed by atoms with Crippen LogP contribution in [-0.4, -0.2) is 26.3 Å². The van der Waals surface area contributed by atoms with Crippen molar-refractivity contribution in [2.75, 3.05) is 11.9 Å². The van der Waals surface area contributed by atoms with Gasteiger partial charge in [-0.15, -0.1) is 0 Å². The van der Waals surface area contributed by atoms with Crippen molar-refractivity contribution in [2.45, 2.75) is 20.8 Å². The van der Waals surface area contributed by atoms with Gasteiger partial charge in [0, 0.05) is 29.5 Å². The lowest BCUT2D eigenvalue weighted by Crippen LogP contribution is -2.05. The minimum absolute atomic E-state index is 0.216. The summed E-state index contributed by atoms with van der Waals surface area (Å²) in [7, 11) is 0. The number of nitrogens with one attached hydrogen (secondary N) is 1. The Bertz CT molecular complexity index is 928. The number of aromatic nitrogens is 4. The number of nitriles is 2. The second-order valence-corrected chi connectivity index (χ2v) is 4.67. The predicted molar refractivity (Wildman–Crippen MR) is 91.6 cm³/mol. The van der Waals surface area contributed by atoms with Crippen LogP contribution < -0.4 is 5.32 Å². The molecular weight excluding hydrogens is 302 g/mol. The van der Waals surface area contributed by atoms with Crippen LogP contribution in [0.4, 0.5) is 5.69 Å². The summed E-state index contributed by atoms with van der Waals surface area (Å²) in [5.41, 5.74) is 2.88. The number of rotatable bonds is 3. The quantitative estimate of drug-likeness (QED) is 0.744. The Morgan fingerprint density at radius 2 is 1.92 bits per heavy atom. The van der Waals surface area contributed by atoms with Crippen molar-refractivity contribution in [1.82, 2.24) is 19.7 Å². The number of hydrogen-bond acceptors (Lipinski definition) is 6. The van der Waals surface area contributed by atoms with Crippen molar-refractivity contribution in [1.29, 1.82) is 10.5 Å². The molecule has 0 aliphatic heterocycles. The Hall–Kier alpha value is -3.45. The van der Waals surface area contributed by atoms with Crippen molar-refractivity contribution < 1.29 is 0 Å². The first-order valence-corrected chi connectivity index (χ1v) is 7.54. The Morgan fingerprint density at radius 3 is 2.62 bits per heavy atom. The van der Waals surface area contributed by atoms with Gasteiger partial charge in [-0.1, -0.05) is 13.8 Å². The van der Waals surface area contributed by atoms with Gasteiger partial charge in [-0.05, 0) is 18.6 Å². The topological polar surface area (TPSA) is 103 Å². The van der Waals surface area contributed by atoms with E-state index in [1.165, 1.54) is 6.20 Å². The molecule has 7 nitrogen and oxygen atoms in total. The third-order valence-corrected chi connectivity index (χ3v) is 3.20. The van der Waals surface area contributed by atoms with Crippen LogP contribution in [-0.2, 0) is 0 Å². The first-order chi connectivity index (χ1) is 11.7. The van der Waals surface area contributed by atoms with E-state index in [9.17, 15) is 0 Å². The normalized spacial score (nSPS) is 9.54. The van der Waals surface area contributed by atoms with Crippen molar-refractivity contribution in [3.8, 4) is 18.0 Å². The van der Waals surface area contributed by atoms with Crippen molar-refractivity contribution in [2.24, 2.45) is 0 Å². The maximum absolute atomic E-state index is 8.91. The summed E-state index contributed by atoms with van der Waals surface area (Å²) in [6.45, 7) is 6.13. The fourth-order valence-electron chi connectivity index (χ4n) is 2.10. The van der Waals surface area contributed by atoms with E-state index in [4.69, 9.17) is 10.5 Å². The molecule has 0 unspecified atom stereocenters. The maximum Gasteiger partial charge on any atom is 0.164 e. The maximum atomic E-state index is 8.91. The molecule has 3 aromatic heterocycles. The minimum Gasteiger partial charge on any atom is -0.372 e. The van der Waals surface area contributed by atoms with Crippen LogP contribution >= 0.6 is 0 Å². The third kappa shape index (κ3) is 3.31. The number of hydrogen-bond donors (Lipinski definition) is 1. The van der Waals surface area contributed by atoms with Crippen molar-refractivity contribution >= 4 is 16.7 Å². The molecule has 0 aliphatic rings. The standard InChI is InChI=1S/C15H11N7.C2H6/c1-10-7-19-14(5-13(10)18-3-2-16)22-15-12(9-21-22)4-11(6-17)8-20-15;1-2/h4-5,7-9H,3H2,1H3,(H,18,19);1-2H3. The lowest BCUT2D eigenvalue weighted by atomic mass is 10.2. The molecule has 0 aliphatic carbocycles.